The maximum absolute atomic E-state index is 12.2. The quantitative estimate of drug-likeness (QED) is 0.191. The molecule has 0 spiro atoms. The zero-order valence-electron chi connectivity index (χ0n) is 21.8. The average Bonchev–Trinajstić information content (AvgIpc) is 2.83. The Hall–Kier alpha value is -3.89. The fourth-order valence-corrected chi connectivity index (χ4v) is 2.73. The first-order valence-electron chi connectivity index (χ1n) is 11.7. The zero-order valence-corrected chi connectivity index (χ0v) is 21.8. The molecule has 1 aromatic carbocycles. The molecule has 1 rings (SSSR count). The Morgan fingerprint density at radius 3 is 1.73 bits per heavy atom. The van der Waals surface area contributed by atoms with E-state index in [4.69, 9.17) is 28.4 Å². The van der Waals surface area contributed by atoms with E-state index in [-0.39, 0.29) is 32.7 Å². The molecule has 0 aliphatic heterocycles. The van der Waals surface area contributed by atoms with Crippen LogP contribution in [0.4, 0.5) is 0 Å². The molecule has 0 radical (unpaired) electrons. The summed E-state index contributed by atoms with van der Waals surface area (Å²) in [5.41, 5.74) is 0.904. The van der Waals surface area contributed by atoms with E-state index in [9.17, 15) is 24.0 Å². The number of ether oxygens (including phenoxy) is 6. The van der Waals surface area contributed by atoms with Crippen molar-refractivity contribution < 1.29 is 52.4 Å². The van der Waals surface area contributed by atoms with Crippen LogP contribution >= 0.6 is 0 Å². The van der Waals surface area contributed by atoms with Crippen molar-refractivity contribution in [2.75, 3.05) is 19.8 Å². The highest BCUT2D eigenvalue weighted by atomic mass is 16.6. The fourth-order valence-electron chi connectivity index (χ4n) is 2.73. The van der Waals surface area contributed by atoms with Crippen molar-refractivity contribution >= 4 is 35.6 Å². The molecule has 0 fully saturated rings. The lowest BCUT2D eigenvalue weighted by Crippen LogP contribution is -2.23. The van der Waals surface area contributed by atoms with Crippen LogP contribution in [-0.2, 0) is 47.6 Å². The van der Waals surface area contributed by atoms with Crippen LogP contribution in [0.3, 0.4) is 0 Å². The minimum absolute atomic E-state index is 0.0202. The summed E-state index contributed by atoms with van der Waals surface area (Å²) in [6, 6.07) is 6.33. The van der Waals surface area contributed by atoms with E-state index in [0.29, 0.717) is 16.9 Å². The summed E-state index contributed by atoms with van der Waals surface area (Å²) < 4.78 is 30.6. The molecular weight excluding hydrogens is 488 g/mol. The molecule has 0 aromatic heterocycles. The van der Waals surface area contributed by atoms with Gasteiger partial charge in [0.15, 0.2) is 0 Å². The summed E-state index contributed by atoms with van der Waals surface area (Å²) in [6.45, 7) is 11.1. The highest BCUT2D eigenvalue weighted by Gasteiger charge is 2.16. The van der Waals surface area contributed by atoms with Gasteiger partial charge in [0.25, 0.3) is 0 Å². The van der Waals surface area contributed by atoms with Gasteiger partial charge in [0.1, 0.15) is 43.9 Å². The number of hydrogen-bond acceptors (Lipinski definition) is 11. The van der Waals surface area contributed by atoms with Gasteiger partial charge in [0, 0.05) is 19.4 Å². The average molecular weight is 523 g/mol. The molecule has 0 N–H and O–H groups in total. The molecule has 37 heavy (non-hydrogen) atoms. The van der Waals surface area contributed by atoms with Crippen molar-refractivity contribution in [3.63, 3.8) is 0 Å². The van der Waals surface area contributed by atoms with Gasteiger partial charge < -0.3 is 28.4 Å². The second kappa shape index (κ2) is 16.0. The molecule has 0 bridgehead atoms. The summed E-state index contributed by atoms with van der Waals surface area (Å²) >= 11 is 0. The lowest BCUT2D eigenvalue weighted by molar-refractivity contribution is -0.158. The van der Waals surface area contributed by atoms with E-state index < -0.39 is 48.2 Å². The third kappa shape index (κ3) is 13.7. The molecule has 3 unspecified atom stereocenters. The van der Waals surface area contributed by atoms with Gasteiger partial charge in [-0.25, -0.2) is 4.79 Å². The second-order valence-electron chi connectivity index (χ2n) is 8.23. The Kier molecular flexibility index (Phi) is 13.4. The predicted octanol–water partition coefficient (Wildman–Crippen LogP) is 2.99. The van der Waals surface area contributed by atoms with Gasteiger partial charge in [0.05, 0.1) is 18.4 Å². The summed E-state index contributed by atoms with van der Waals surface area (Å²) in [5, 5.41) is 0. The van der Waals surface area contributed by atoms with Gasteiger partial charge in [0.2, 0.25) is 0 Å². The van der Waals surface area contributed by atoms with Crippen molar-refractivity contribution in [1.29, 1.82) is 0 Å². The predicted molar refractivity (Wildman–Crippen MR) is 130 cm³/mol. The normalized spacial score (nSPS) is 12.8. The van der Waals surface area contributed by atoms with Crippen molar-refractivity contribution in [3.05, 3.63) is 42.0 Å². The van der Waals surface area contributed by atoms with Gasteiger partial charge >= 0.3 is 29.8 Å². The maximum atomic E-state index is 12.2. The number of esters is 5. The Labute approximate surface area is 216 Å². The van der Waals surface area contributed by atoms with Crippen molar-refractivity contribution in [3.8, 4) is 0 Å². The van der Waals surface area contributed by atoms with E-state index in [1.165, 1.54) is 13.8 Å². The van der Waals surface area contributed by atoms with E-state index >= 15 is 0 Å². The largest absolute Gasteiger partial charge is 0.490 e. The zero-order chi connectivity index (χ0) is 28.0. The topological polar surface area (TPSA) is 141 Å². The molecule has 11 nitrogen and oxygen atoms in total. The number of carbonyl (C=O) groups is 5. The molecule has 0 aliphatic carbocycles. The molecule has 0 saturated heterocycles. The summed E-state index contributed by atoms with van der Waals surface area (Å²) in [6.07, 6.45) is -2.14. The Balaban J connectivity index is 2.37. The molecule has 0 saturated carbocycles. The van der Waals surface area contributed by atoms with Gasteiger partial charge in [-0.15, -0.1) is 0 Å². The smallest absolute Gasteiger partial charge is 0.338 e. The lowest BCUT2D eigenvalue weighted by atomic mass is 10.1. The van der Waals surface area contributed by atoms with Gasteiger partial charge in [-0.3, -0.25) is 19.2 Å². The monoisotopic (exact) mass is 522 g/mol. The molecule has 0 heterocycles. The van der Waals surface area contributed by atoms with Crippen LogP contribution in [0.1, 0.15) is 63.4 Å². The number of benzene rings is 1. The highest BCUT2D eigenvalue weighted by Crippen LogP contribution is 2.16. The van der Waals surface area contributed by atoms with Crippen LogP contribution in [0.2, 0.25) is 0 Å². The molecule has 3 atom stereocenters. The van der Waals surface area contributed by atoms with Crippen LogP contribution in [0.15, 0.2) is 30.8 Å². The summed E-state index contributed by atoms with van der Waals surface area (Å²) in [7, 11) is 0. The third-order valence-electron chi connectivity index (χ3n) is 4.48. The van der Waals surface area contributed by atoms with Crippen LogP contribution in [-0.4, -0.2) is 68.0 Å². The van der Waals surface area contributed by atoms with Gasteiger partial charge in [-0.05, 0) is 32.9 Å². The molecule has 1 aromatic rings. The minimum atomic E-state index is -0.614. The van der Waals surface area contributed by atoms with Gasteiger partial charge in [-0.2, -0.15) is 0 Å². The molecule has 11 heteroatoms. The molecule has 0 aliphatic rings. The number of carbonyl (C=O) groups excluding carboxylic acids is 5. The van der Waals surface area contributed by atoms with Crippen LogP contribution in [0, 0.1) is 0 Å². The minimum Gasteiger partial charge on any atom is -0.490 e. The highest BCUT2D eigenvalue weighted by molar-refractivity contribution is 5.89. The van der Waals surface area contributed by atoms with Gasteiger partial charge in [-0.1, -0.05) is 18.7 Å². The van der Waals surface area contributed by atoms with Crippen LogP contribution < -0.4 is 0 Å². The number of rotatable bonds is 15. The maximum Gasteiger partial charge on any atom is 0.338 e. The fraction of sp³-hybridized carbons (Fsp3) is 0.500. The first-order valence-corrected chi connectivity index (χ1v) is 11.7. The third-order valence-corrected chi connectivity index (χ3v) is 4.48. The van der Waals surface area contributed by atoms with E-state index in [0.717, 1.165) is 0 Å². The first-order chi connectivity index (χ1) is 17.4. The summed E-state index contributed by atoms with van der Waals surface area (Å²) in [4.78, 5) is 57.5. The standard InChI is InChI=1S/C26H34O11/c1-16(35-21(6)28)15-34-24(29)11-12-25(30)36-17(2)13-32-19(4)22-7-9-23(10-8-22)26(31)37-18(3)14-33-20(5)27/h7-10,16-18H,4,11-15H2,1-3,5-6H3. The molecule has 204 valence electrons. The number of hydrogen-bond donors (Lipinski definition) is 0. The van der Waals surface area contributed by atoms with E-state index in [2.05, 4.69) is 6.58 Å². The summed E-state index contributed by atoms with van der Waals surface area (Å²) in [5.74, 6) is -2.42. The van der Waals surface area contributed by atoms with Crippen LogP contribution in [0.25, 0.3) is 5.76 Å². The SMILES string of the molecule is C=C(OCC(C)OC(=O)CCC(=O)OCC(C)OC(C)=O)c1ccc(C(=O)OC(C)COC(C)=O)cc1. The van der Waals surface area contributed by atoms with E-state index in [1.54, 1.807) is 45.0 Å². The Bertz CT molecular complexity index is 952. The van der Waals surface area contributed by atoms with Crippen molar-refractivity contribution in [2.45, 2.75) is 65.8 Å². The van der Waals surface area contributed by atoms with E-state index in [1.807, 2.05) is 0 Å². The lowest BCUT2D eigenvalue weighted by Gasteiger charge is -2.16. The Morgan fingerprint density at radius 1 is 0.649 bits per heavy atom. The second-order valence-corrected chi connectivity index (χ2v) is 8.23. The Morgan fingerprint density at radius 2 is 1.14 bits per heavy atom. The van der Waals surface area contributed by atoms with Crippen molar-refractivity contribution in [2.24, 2.45) is 0 Å². The first kappa shape index (κ1) is 31.1. The molecular formula is C26H34O11. The van der Waals surface area contributed by atoms with Crippen molar-refractivity contribution in [1.82, 2.24) is 0 Å². The molecule has 0 amide bonds. The van der Waals surface area contributed by atoms with Crippen LogP contribution in [0.5, 0.6) is 0 Å².